The molecule has 0 saturated carbocycles. The van der Waals surface area contributed by atoms with Gasteiger partial charge in [0.1, 0.15) is 12.4 Å². The molecule has 2 aromatic heterocycles. The molecule has 0 unspecified atom stereocenters. The molecule has 4 aromatic rings. The van der Waals surface area contributed by atoms with Crippen molar-refractivity contribution in [1.82, 2.24) is 14.9 Å². The summed E-state index contributed by atoms with van der Waals surface area (Å²) < 4.78 is 59.6. The number of fused-ring (bicyclic) bond motifs is 5. The van der Waals surface area contributed by atoms with E-state index in [9.17, 15) is 37.5 Å². The number of hydrogen-bond donors (Lipinski definition) is 3. The number of nitrogens with one attached hydrogen (secondary N) is 2. The van der Waals surface area contributed by atoms with E-state index >= 15 is 4.39 Å². The lowest BCUT2D eigenvalue weighted by atomic mass is 9.81. The van der Waals surface area contributed by atoms with Crippen molar-refractivity contribution in [2.24, 2.45) is 0 Å². The minimum atomic E-state index is -5.04. The first kappa shape index (κ1) is 31.5. The molecule has 2 amide bonds. The molecule has 48 heavy (non-hydrogen) atoms. The molecule has 0 bridgehead atoms. The summed E-state index contributed by atoms with van der Waals surface area (Å²) in [7, 11) is 0. The van der Waals surface area contributed by atoms with Crippen molar-refractivity contribution in [3.63, 3.8) is 0 Å². The Hall–Kier alpha value is -5.11. The van der Waals surface area contributed by atoms with Gasteiger partial charge in [-0.1, -0.05) is 19.1 Å². The van der Waals surface area contributed by atoms with E-state index in [-0.39, 0.29) is 48.7 Å². The van der Waals surface area contributed by atoms with Crippen LogP contribution in [0.3, 0.4) is 0 Å². The van der Waals surface area contributed by atoms with E-state index in [2.05, 4.69) is 5.32 Å². The Morgan fingerprint density at radius 3 is 2.54 bits per heavy atom. The van der Waals surface area contributed by atoms with Crippen molar-refractivity contribution in [3.05, 3.63) is 91.5 Å². The molecule has 10 nitrogen and oxygen atoms in total. The number of anilines is 1. The van der Waals surface area contributed by atoms with E-state index in [1.807, 2.05) is 0 Å². The monoisotopic (exact) mass is 664 g/mol. The van der Waals surface area contributed by atoms with Gasteiger partial charge >= 0.3 is 18.1 Å². The third kappa shape index (κ3) is 4.84. The maximum atomic E-state index is 15.2. The number of carbonyl (C=O) groups excluding carboxylic acids is 3. The van der Waals surface area contributed by atoms with Crippen molar-refractivity contribution < 1.29 is 41.8 Å². The third-order valence-electron chi connectivity index (χ3n) is 9.55. The lowest BCUT2D eigenvalue weighted by Crippen LogP contribution is -2.44. The molecule has 2 aromatic carbocycles. The highest BCUT2D eigenvalue weighted by molar-refractivity contribution is 5.95. The summed E-state index contributed by atoms with van der Waals surface area (Å²) in [6, 6.07) is 7.75. The summed E-state index contributed by atoms with van der Waals surface area (Å²) in [4.78, 5) is 55.8. The van der Waals surface area contributed by atoms with E-state index < -0.39 is 41.1 Å². The molecule has 2 aliphatic heterocycles. The molecule has 3 aliphatic rings. The van der Waals surface area contributed by atoms with Crippen LogP contribution in [0.25, 0.3) is 22.3 Å². The van der Waals surface area contributed by atoms with Crippen LogP contribution < -0.4 is 16.2 Å². The molecular formula is C34H28F4N4O6. The summed E-state index contributed by atoms with van der Waals surface area (Å²) in [5, 5.41) is 16.7. The first-order valence-electron chi connectivity index (χ1n) is 15.3. The van der Waals surface area contributed by atoms with Crippen LogP contribution in [-0.4, -0.2) is 38.6 Å². The first-order valence-corrected chi connectivity index (χ1v) is 15.3. The largest absolute Gasteiger partial charge is 0.471 e. The van der Waals surface area contributed by atoms with Gasteiger partial charge in [0.15, 0.2) is 5.60 Å². The van der Waals surface area contributed by atoms with Crippen LogP contribution in [-0.2, 0) is 50.7 Å². The van der Waals surface area contributed by atoms with E-state index in [4.69, 9.17) is 9.72 Å². The number of aromatic nitrogens is 2. The lowest BCUT2D eigenvalue weighted by molar-refractivity contribution is -0.172. The molecule has 7 rings (SSSR count). The SMILES string of the molecule is CC[C@@]1(O)C(=O)OCc2c1cc1n(c2=O)Cc2c-1nc1cc(F)c(C)c3c1c2[C@@H](NC(=O)Cc1ccc(NC(=O)C(F)(F)F)cc1)CC3. The van der Waals surface area contributed by atoms with Gasteiger partial charge in [-0.3, -0.25) is 14.4 Å². The second-order valence-corrected chi connectivity index (χ2v) is 12.3. The van der Waals surface area contributed by atoms with Gasteiger partial charge < -0.3 is 25.0 Å². The predicted octanol–water partition coefficient (Wildman–Crippen LogP) is 4.37. The molecular weight excluding hydrogens is 636 g/mol. The summed E-state index contributed by atoms with van der Waals surface area (Å²) in [5.41, 5.74) is 1.85. The van der Waals surface area contributed by atoms with E-state index in [1.165, 1.54) is 34.9 Å². The Morgan fingerprint density at radius 2 is 1.85 bits per heavy atom. The number of benzene rings is 2. The minimum absolute atomic E-state index is 0.0299. The van der Waals surface area contributed by atoms with Crippen LogP contribution in [0.15, 0.2) is 41.2 Å². The average Bonchev–Trinajstić information content (AvgIpc) is 3.41. The van der Waals surface area contributed by atoms with Crippen molar-refractivity contribution in [3.8, 4) is 11.4 Å². The van der Waals surface area contributed by atoms with Gasteiger partial charge in [-0.2, -0.15) is 13.2 Å². The van der Waals surface area contributed by atoms with Crippen molar-refractivity contribution in [2.45, 2.75) is 70.5 Å². The summed E-state index contributed by atoms with van der Waals surface area (Å²) >= 11 is 0. The van der Waals surface area contributed by atoms with Crippen molar-refractivity contribution in [1.29, 1.82) is 0 Å². The molecule has 0 saturated heterocycles. The number of nitrogens with zero attached hydrogens (tertiary/aromatic N) is 2. The number of aliphatic hydroxyl groups is 1. The number of rotatable bonds is 5. The van der Waals surface area contributed by atoms with Gasteiger partial charge in [0.2, 0.25) is 5.91 Å². The number of halogens is 4. The zero-order valence-corrected chi connectivity index (χ0v) is 25.7. The average molecular weight is 665 g/mol. The second kappa shape index (κ2) is 11.0. The maximum Gasteiger partial charge on any atom is 0.471 e. The number of cyclic esters (lactones) is 1. The van der Waals surface area contributed by atoms with E-state index in [0.29, 0.717) is 57.4 Å². The van der Waals surface area contributed by atoms with Crippen LogP contribution in [0.5, 0.6) is 0 Å². The number of amides is 2. The fourth-order valence-corrected chi connectivity index (χ4v) is 7.04. The van der Waals surface area contributed by atoms with Crippen LogP contribution in [0, 0.1) is 12.7 Å². The van der Waals surface area contributed by atoms with Gasteiger partial charge in [-0.15, -0.1) is 0 Å². The van der Waals surface area contributed by atoms with E-state index in [1.54, 1.807) is 25.2 Å². The van der Waals surface area contributed by atoms with Gasteiger partial charge in [-0.05, 0) is 66.6 Å². The van der Waals surface area contributed by atoms with Gasteiger partial charge in [0.25, 0.3) is 5.56 Å². The number of aryl methyl sites for hydroxylation is 1. The number of hydrogen-bond acceptors (Lipinski definition) is 7. The van der Waals surface area contributed by atoms with Crippen molar-refractivity contribution in [2.75, 3.05) is 5.32 Å². The Kier molecular flexibility index (Phi) is 7.20. The highest BCUT2D eigenvalue weighted by Crippen LogP contribution is 2.46. The number of pyridine rings is 2. The molecule has 1 aliphatic carbocycles. The number of alkyl halides is 3. The molecule has 0 radical (unpaired) electrons. The lowest BCUT2D eigenvalue weighted by Gasteiger charge is -2.31. The molecule has 0 spiro atoms. The zero-order valence-electron chi connectivity index (χ0n) is 25.7. The molecule has 0 fully saturated rings. The first-order chi connectivity index (χ1) is 22.7. The molecule has 4 heterocycles. The van der Waals surface area contributed by atoms with Crippen LogP contribution in [0.4, 0.5) is 23.2 Å². The summed E-state index contributed by atoms with van der Waals surface area (Å²) in [5.74, 6) is -3.80. The quantitative estimate of drug-likeness (QED) is 0.187. The normalized spacial score (nSPS) is 19.3. The minimum Gasteiger partial charge on any atom is -0.458 e. The number of esters is 1. The van der Waals surface area contributed by atoms with E-state index in [0.717, 1.165) is 5.56 Å². The maximum absolute atomic E-state index is 15.2. The smallest absolute Gasteiger partial charge is 0.458 e. The zero-order chi connectivity index (χ0) is 34.3. The Balaban J connectivity index is 1.27. The highest BCUT2D eigenvalue weighted by Gasteiger charge is 2.46. The summed E-state index contributed by atoms with van der Waals surface area (Å²) in [6.45, 7) is 3.07. The van der Waals surface area contributed by atoms with Crippen molar-refractivity contribution >= 4 is 34.4 Å². The highest BCUT2D eigenvalue weighted by atomic mass is 19.4. The molecule has 248 valence electrons. The molecule has 14 heteroatoms. The predicted molar refractivity (Wildman–Crippen MR) is 163 cm³/mol. The Labute approximate surface area is 269 Å². The fraction of sp³-hybridized carbons (Fsp3) is 0.324. The van der Waals surface area contributed by atoms with Crippen LogP contribution in [0.2, 0.25) is 0 Å². The summed E-state index contributed by atoms with van der Waals surface area (Å²) in [6.07, 6.45) is -4.34. The van der Waals surface area contributed by atoms with Crippen LogP contribution in [0.1, 0.15) is 64.8 Å². The molecule has 2 atom stereocenters. The fourth-order valence-electron chi connectivity index (χ4n) is 7.04. The number of ether oxygens (including phenoxy) is 1. The topological polar surface area (TPSA) is 140 Å². The third-order valence-corrected chi connectivity index (χ3v) is 9.55. The van der Waals surface area contributed by atoms with Gasteiger partial charge in [-0.25, -0.2) is 14.2 Å². The number of carbonyl (C=O) groups is 3. The molecule has 3 N–H and O–H groups in total. The van der Waals surface area contributed by atoms with Gasteiger partial charge in [0.05, 0.1) is 41.5 Å². The Morgan fingerprint density at radius 1 is 1.12 bits per heavy atom. The second-order valence-electron chi connectivity index (χ2n) is 12.3. The van der Waals surface area contributed by atoms with Crippen LogP contribution >= 0.6 is 0 Å². The van der Waals surface area contributed by atoms with Gasteiger partial charge in [0, 0.05) is 28.3 Å². The standard InChI is InChI=1S/C34H28F4N4O6/c1-3-33(47)21-11-25-29-19(13-42(25)30(44)20(21)14-48-32(33)46)28-23(9-8-18-15(2)22(35)12-24(41-29)27(18)28)40-26(43)10-16-4-6-17(7-5-16)39-31(45)34(36,37)38/h4-7,11-12,23,47H,3,8-10,13-14H2,1-2H3,(H,39,45)(H,40,43)/t23-,33-/m0/s1. The Bertz CT molecular complexity index is 2140.